The van der Waals surface area contributed by atoms with E-state index in [2.05, 4.69) is 15.3 Å². The molecule has 29 heavy (non-hydrogen) atoms. The molecule has 0 bridgehead atoms. The van der Waals surface area contributed by atoms with Crippen molar-refractivity contribution >= 4 is 22.6 Å². The summed E-state index contributed by atoms with van der Waals surface area (Å²) in [5.41, 5.74) is -0.535. The van der Waals surface area contributed by atoms with Crippen molar-refractivity contribution in [2.75, 3.05) is 5.32 Å². The van der Waals surface area contributed by atoms with Crippen molar-refractivity contribution in [3.63, 3.8) is 0 Å². The maximum absolute atomic E-state index is 13.2. The van der Waals surface area contributed by atoms with Crippen molar-refractivity contribution in [2.24, 2.45) is 5.92 Å². The molecule has 7 nitrogen and oxygen atoms in total. The van der Waals surface area contributed by atoms with Crippen LogP contribution in [0, 0.1) is 5.92 Å². The number of amides is 1. The van der Waals surface area contributed by atoms with Crippen molar-refractivity contribution in [3.8, 4) is 0 Å². The third kappa shape index (κ3) is 4.13. The minimum Gasteiger partial charge on any atom is -0.309 e. The summed E-state index contributed by atoms with van der Waals surface area (Å²) in [7, 11) is 0. The van der Waals surface area contributed by atoms with Crippen molar-refractivity contribution in [3.05, 3.63) is 69.5 Å². The van der Waals surface area contributed by atoms with E-state index in [1.807, 2.05) is 0 Å². The first kappa shape index (κ1) is 19.1. The molecule has 1 atom stereocenters. The third-order valence-electron chi connectivity index (χ3n) is 5.65. The van der Waals surface area contributed by atoms with E-state index in [9.17, 15) is 14.4 Å². The highest BCUT2D eigenvalue weighted by Gasteiger charge is 2.29. The Balaban J connectivity index is 1.75. The van der Waals surface area contributed by atoms with Gasteiger partial charge in [-0.3, -0.25) is 9.59 Å². The molecule has 1 aliphatic carbocycles. The largest absolute Gasteiger partial charge is 0.329 e. The second-order valence-corrected chi connectivity index (χ2v) is 7.61. The lowest BCUT2D eigenvalue weighted by atomic mass is 9.84. The maximum Gasteiger partial charge on any atom is 0.329 e. The molecule has 2 N–H and O–H groups in total. The fourth-order valence-corrected chi connectivity index (χ4v) is 4.17. The number of rotatable bonds is 5. The molecule has 0 aliphatic heterocycles. The Labute approximate surface area is 167 Å². The van der Waals surface area contributed by atoms with Crippen molar-refractivity contribution in [1.82, 2.24) is 14.5 Å². The van der Waals surface area contributed by atoms with Gasteiger partial charge in [-0.2, -0.15) is 0 Å². The first-order valence-electron chi connectivity index (χ1n) is 10.1. The lowest BCUT2D eigenvalue weighted by molar-refractivity contribution is -0.120. The Morgan fingerprint density at radius 1 is 1.10 bits per heavy atom. The molecular weight excluding hydrogens is 368 g/mol. The van der Waals surface area contributed by atoms with E-state index in [-0.39, 0.29) is 0 Å². The number of pyridine rings is 1. The van der Waals surface area contributed by atoms with Gasteiger partial charge in [-0.25, -0.2) is 14.3 Å². The average Bonchev–Trinajstić information content (AvgIpc) is 2.74. The van der Waals surface area contributed by atoms with Crippen LogP contribution in [0.3, 0.4) is 0 Å². The van der Waals surface area contributed by atoms with E-state index in [0.717, 1.165) is 30.3 Å². The zero-order chi connectivity index (χ0) is 20.2. The zero-order valence-corrected chi connectivity index (χ0v) is 16.1. The van der Waals surface area contributed by atoms with Gasteiger partial charge in [0, 0.05) is 6.20 Å². The second-order valence-electron chi connectivity index (χ2n) is 7.61. The number of aromatic nitrogens is 3. The van der Waals surface area contributed by atoms with Gasteiger partial charge in [-0.05, 0) is 36.6 Å². The van der Waals surface area contributed by atoms with Crippen LogP contribution in [0.5, 0.6) is 0 Å². The fraction of sp³-hybridized carbons (Fsp3) is 0.364. The molecule has 7 heteroatoms. The summed E-state index contributed by atoms with van der Waals surface area (Å²) in [5.74, 6) is 0.314. The highest BCUT2D eigenvalue weighted by Crippen LogP contribution is 2.30. The van der Waals surface area contributed by atoms with Crippen LogP contribution in [0.25, 0.3) is 10.9 Å². The monoisotopic (exact) mass is 392 g/mol. The average molecular weight is 392 g/mol. The maximum atomic E-state index is 13.2. The molecule has 2 heterocycles. The van der Waals surface area contributed by atoms with Crippen LogP contribution < -0.4 is 16.6 Å². The number of hydrogen-bond donors (Lipinski definition) is 2. The molecule has 1 unspecified atom stereocenters. The molecule has 150 valence electrons. The topological polar surface area (TPSA) is 96.8 Å². The van der Waals surface area contributed by atoms with Crippen LogP contribution >= 0.6 is 0 Å². The summed E-state index contributed by atoms with van der Waals surface area (Å²) in [5, 5.41) is 3.16. The Kier molecular flexibility index (Phi) is 5.55. The molecule has 1 amide bonds. The van der Waals surface area contributed by atoms with Crippen molar-refractivity contribution < 1.29 is 4.79 Å². The first-order valence-corrected chi connectivity index (χ1v) is 10.1. The molecule has 3 aromatic rings. The van der Waals surface area contributed by atoms with E-state index < -0.39 is 23.2 Å². The zero-order valence-electron chi connectivity index (χ0n) is 16.1. The summed E-state index contributed by atoms with van der Waals surface area (Å²) in [6.45, 7) is 0. The number of benzene rings is 1. The lowest BCUT2D eigenvalue weighted by Crippen LogP contribution is -2.43. The standard InChI is InChI=1S/C22H24N4O3/c27-20(25-19-12-6-7-13-23-19)18(14-15-8-2-1-3-9-15)26-21(28)16-10-4-5-11-17(16)24-22(26)29/h4-7,10-13,15,18H,1-3,8-9,14H2,(H,24,29)(H,23,25,27). The number of aromatic amines is 1. The molecule has 0 radical (unpaired) electrons. The van der Waals surface area contributed by atoms with Gasteiger partial charge in [0.2, 0.25) is 5.91 Å². The van der Waals surface area contributed by atoms with Crippen LogP contribution in [0.1, 0.15) is 44.6 Å². The fourth-order valence-electron chi connectivity index (χ4n) is 4.17. The highest BCUT2D eigenvalue weighted by molar-refractivity contribution is 5.93. The van der Waals surface area contributed by atoms with E-state index in [1.165, 1.54) is 6.42 Å². The van der Waals surface area contributed by atoms with E-state index in [0.29, 0.717) is 29.1 Å². The third-order valence-corrected chi connectivity index (χ3v) is 5.65. The Morgan fingerprint density at radius 3 is 2.62 bits per heavy atom. The van der Waals surface area contributed by atoms with Crippen molar-refractivity contribution in [1.29, 1.82) is 0 Å². The summed E-state index contributed by atoms with van der Waals surface area (Å²) < 4.78 is 1.08. The van der Waals surface area contributed by atoms with Crippen LogP contribution in [0.15, 0.2) is 58.3 Å². The smallest absolute Gasteiger partial charge is 0.309 e. The number of nitrogens with one attached hydrogen (secondary N) is 2. The Hall–Kier alpha value is -3.22. The van der Waals surface area contributed by atoms with Gasteiger partial charge < -0.3 is 10.3 Å². The predicted molar refractivity (Wildman–Crippen MR) is 112 cm³/mol. The first-order chi connectivity index (χ1) is 14.1. The van der Waals surface area contributed by atoms with Crippen LogP contribution in [-0.2, 0) is 4.79 Å². The quantitative estimate of drug-likeness (QED) is 0.697. The number of para-hydroxylation sites is 1. The van der Waals surface area contributed by atoms with Gasteiger partial charge in [0.15, 0.2) is 0 Å². The Bertz CT molecular complexity index is 1110. The molecule has 1 aromatic carbocycles. The number of nitrogens with zero attached hydrogens (tertiary/aromatic N) is 2. The SMILES string of the molecule is O=C(Nc1ccccn1)C(CC1CCCCC1)n1c(=O)[nH]c2ccccc2c1=O. The number of carbonyl (C=O) groups is 1. The van der Waals surface area contributed by atoms with Gasteiger partial charge in [-0.1, -0.05) is 50.3 Å². The highest BCUT2D eigenvalue weighted by atomic mass is 16.2. The van der Waals surface area contributed by atoms with Gasteiger partial charge >= 0.3 is 5.69 Å². The molecular formula is C22H24N4O3. The molecule has 1 saturated carbocycles. The summed E-state index contributed by atoms with van der Waals surface area (Å²) in [4.78, 5) is 46.0. The summed E-state index contributed by atoms with van der Waals surface area (Å²) >= 11 is 0. The normalized spacial score (nSPS) is 15.9. The Morgan fingerprint density at radius 2 is 1.86 bits per heavy atom. The molecule has 1 aliphatic rings. The summed E-state index contributed by atoms with van der Waals surface area (Å²) in [6.07, 6.45) is 7.48. The molecule has 0 spiro atoms. The lowest BCUT2D eigenvalue weighted by Gasteiger charge is -2.26. The van der Waals surface area contributed by atoms with E-state index >= 15 is 0 Å². The van der Waals surface area contributed by atoms with Crippen molar-refractivity contribution in [2.45, 2.75) is 44.6 Å². The molecule has 4 rings (SSSR count). The van der Waals surface area contributed by atoms with Crippen LogP contribution in [-0.4, -0.2) is 20.4 Å². The molecule has 2 aromatic heterocycles. The number of H-pyrrole nitrogens is 1. The predicted octanol–water partition coefficient (Wildman–Crippen LogP) is 3.24. The van der Waals surface area contributed by atoms with Crippen LogP contribution in [0.4, 0.5) is 5.82 Å². The van der Waals surface area contributed by atoms with Gasteiger partial charge in [0.1, 0.15) is 11.9 Å². The summed E-state index contributed by atoms with van der Waals surface area (Å²) in [6, 6.07) is 11.2. The van der Waals surface area contributed by atoms with Crippen LogP contribution in [0.2, 0.25) is 0 Å². The molecule has 1 fully saturated rings. The van der Waals surface area contributed by atoms with E-state index in [4.69, 9.17) is 0 Å². The van der Waals surface area contributed by atoms with Gasteiger partial charge in [0.25, 0.3) is 5.56 Å². The minimum atomic E-state index is -0.888. The number of hydrogen-bond acceptors (Lipinski definition) is 4. The number of carbonyl (C=O) groups excluding carboxylic acids is 1. The second kappa shape index (κ2) is 8.43. The minimum absolute atomic E-state index is 0.306. The van der Waals surface area contributed by atoms with E-state index in [1.54, 1.807) is 48.7 Å². The molecule has 0 saturated heterocycles. The number of fused-ring (bicyclic) bond motifs is 1. The van der Waals surface area contributed by atoms with Gasteiger partial charge in [0.05, 0.1) is 10.9 Å². The number of anilines is 1. The van der Waals surface area contributed by atoms with Gasteiger partial charge in [-0.15, -0.1) is 0 Å².